The van der Waals surface area contributed by atoms with Crippen molar-refractivity contribution in [2.45, 2.75) is 52.7 Å². The summed E-state index contributed by atoms with van der Waals surface area (Å²) in [6, 6.07) is 0. The van der Waals surface area contributed by atoms with E-state index in [1.54, 1.807) is 0 Å². The second-order valence-electron chi connectivity index (χ2n) is 3.17. The molecule has 0 aliphatic heterocycles. The van der Waals surface area contributed by atoms with Crippen LogP contribution in [0, 0.1) is 0 Å². The molecule has 0 fully saturated rings. The van der Waals surface area contributed by atoms with Crippen LogP contribution in [0.4, 0.5) is 0 Å². The minimum absolute atomic E-state index is 0.869. The Bertz CT molecular complexity index is 207. The van der Waals surface area contributed by atoms with Crippen molar-refractivity contribution in [1.29, 1.82) is 0 Å². The van der Waals surface area contributed by atoms with Gasteiger partial charge in [-0.05, 0) is 0 Å². The fourth-order valence-corrected chi connectivity index (χ4v) is 2.00. The summed E-state index contributed by atoms with van der Waals surface area (Å²) >= 11 is -1.80. The minimum atomic E-state index is -1.80. The van der Waals surface area contributed by atoms with Crippen molar-refractivity contribution in [1.82, 2.24) is 0 Å². The van der Waals surface area contributed by atoms with Gasteiger partial charge in [-0.3, -0.25) is 0 Å². The molecule has 88 valence electrons. The number of rotatable bonds is 7. The molecule has 0 aliphatic carbocycles. The molecule has 0 aromatic carbocycles. The van der Waals surface area contributed by atoms with Gasteiger partial charge in [-0.25, -0.2) is 0 Å². The van der Waals surface area contributed by atoms with Gasteiger partial charge in [0.05, 0.1) is 0 Å². The SMILES string of the molecule is CCC(C)=NO[As](CC)ON=C(C)CC. The van der Waals surface area contributed by atoms with Crippen molar-refractivity contribution in [2.24, 2.45) is 10.3 Å². The Morgan fingerprint density at radius 2 is 1.33 bits per heavy atom. The molecule has 0 spiro atoms. The summed E-state index contributed by atoms with van der Waals surface area (Å²) in [6.45, 7) is 10.0. The van der Waals surface area contributed by atoms with E-state index in [0.29, 0.717) is 0 Å². The fraction of sp³-hybridized carbons (Fsp3) is 0.800. The number of nitrogens with zero attached hydrogens (tertiary/aromatic N) is 2. The van der Waals surface area contributed by atoms with E-state index >= 15 is 0 Å². The molecular formula is C10H21AsN2O2. The Kier molecular flexibility index (Phi) is 8.48. The normalized spacial score (nSPS) is 15.0. The molecule has 0 aliphatic rings. The second kappa shape index (κ2) is 8.78. The molecule has 0 rings (SSSR count). The van der Waals surface area contributed by atoms with Gasteiger partial charge in [0.1, 0.15) is 0 Å². The molecule has 0 saturated heterocycles. The summed E-state index contributed by atoms with van der Waals surface area (Å²) in [5.41, 5.74) is 1.98. The van der Waals surface area contributed by atoms with Crippen LogP contribution in [-0.2, 0) is 7.65 Å². The van der Waals surface area contributed by atoms with Crippen LogP contribution in [0.15, 0.2) is 10.3 Å². The predicted octanol–water partition coefficient (Wildman–Crippen LogP) is 3.10. The molecule has 0 atom stereocenters. The van der Waals surface area contributed by atoms with Crippen LogP contribution in [0.3, 0.4) is 0 Å². The van der Waals surface area contributed by atoms with Crippen molar-refractivity contribution in [3.8, 4) is 0 Å². The van der Waals surface area contributed by atoms with Crippen molar-refractivity contribution in [2.75, 3.05) is 0 Å². The van der Waals surface area contributed by atoms with Crippen molar-refractivity contribution in [3.63, 3.8) is 0 Å². The van der Waals surface area contributed by atoms with Crippen LogP contribution < -0.4 is 0 Å². The summed E-state index contributed by atoms with van der Waals surface area (Å²) in [6.07, 6.45) is 1.81. The molecule has 0 saturated carbocycles. The van der Waals surface area contributed by atoms with Crippen LogP contribution in [0.25, 0.3) is 0 Å². The molecule has 4 nitrogen and oxygen atoms in total. The van der Waals surface area contributed by atoms with Crippen molar-refractivity contribution >= 4 is 26.8 Å². The number of hydrogen-bond acceptors (Lipinski definition) is 4. The number of hydrogen-bond donors (Lipinski definition) is 0. The summed E-state index contributed by atoms with van der Waals surface area (Å²) in [5, 5.41) is 8.88. The molecule has 0 bridgehead atoms. The molecule has 15 heavy (non-hydrogen) atoms. The molecule has 0 amide bonds. The first kappa shape index (κ1) is 14.5. The third-order valence-electron chi connectivity index (χ3n) is 1.86. The van der Waals surface area contributed by atoms with Crippen LogP contribution >= 0.6 is 0 Å². The summed E-state index contributed by atoms with van der Waals surface area (Å²) < 4.78 is 10.7. The fourth-order valence-electron chi connectivity index (χ4n) is 0.490. The predicted molar refractivity (Wildman–Crippen MR) is 65.2 cm³/mol. The van der Waals surface area contributed by atoms with E-state index in [1.807, 2.05) is 34.6 Å². The van der Waals surface area contributed by atoms with Crippen molar-refractivity contribution in [3.05, 3.63) is 0 Å². The van der Waals surface area contributed by atoms with Crippen molar-refractivity contribution < 1.29 is 7.65 Å². The van der Waals surface area contributed by atoms with Crippen LogP contribution in [0.2, 0.25) is 5.21 Å². The topological polar surface area (TPSA) is 43.2 Å². The van der Waals surface area contributed by atoms with E-state index < -0.39 is 15.3 Å². The first-order valence-corrected chi connectivity index (χ1v) is 8.18. The van der Waals surface area contributed by atoms with E-state index in [1.165, 1.54) is 0 Å². The number of oxime groups is 2. The monoisotopic (exact) mass is 276 g/mol. The van der Waals surface area contributed by atoms with Crippen LogP contribution in [-0.4, -0.2) is 26.8 Å². The maximum absolute atomic E-state index is 5.34. The second-order valence-corrected chi connectivity index (χ2v) is 6.58. The average Bonchev–Trinajstić information content (AvgIpc) is 2.28. The van der Waals surface area contributed by atoms with Gasteiger partial charge in [0.25, 0.3) is 0 Å². The van der Waals surface area contributed by atoms with E-state index in [2.05, 4.69) is 10.3 Å². The molecule has 0 radical (unpaired) electrons. The molecule has 0 N–H and O–H groups in total. The zero-order chi connectivity index (χ0) is 11.7. The van der Waals surface area contributed by atoms with Gasteiger partial charge in [-0.2, -0.15) is 0 Å². The van der Waals surface area contributed by atoms with Gasteiger partial charge in [-0.15, -0.1) is 0 Å². The molecule has 5 heteroatoms. The molecule has 0 aromatic rings. The molecule has 0 heterocycles. The summed E-state index contributed by atoms with van der Waals surface area (Å²) in [4.78, 5) is 0. The molecule has 0 unspecified atom stereocenters. The van der Waals surface area contributed by atoms with Gasteiger partial charge in [-0.1, -0.05) is 0 Å². The third-order valence-corrected chi connectivity index (χ3v) is 4.05. The Morgan fingerprint density at radius 3 is 1.60 bits per heavy atom. The Morgan fingerprint density at radius 1 is 0.933 bits per heavy atom. The molecular weight excluding hydrogens is 255 g/mol. The van der Waals surface area contributed by atoms with Gasteiger partial charge >= 0.3 is 97.4 Å². The van der Waals surface area contributed by atoms with Crippen LogP contribution in [0.1, 0.15) is 47.5 Å². The van der Waals surface area contributed by atoms with Crippen LogP contribution in [0.5, 0.6) is 0 Å². The van der Waals surface area contributed by atoms with E-state index in [-0.39, 0.29) is 0 Å². The Labute approximate surface area is 97.7 Å². The summed E-state index contributed by atoms with van der Waals surface area (Å²) in [5.74, 6) is 0. The first-order chi connectivity index (χ1) is 7.13. The summed E-state index contributed by atoms with van der Waals surface area (Å²) in [7, 11) is 0. The zero-order valence-electron chi connectivity index (χ0n) is 10.3. The first-order valence-electron chi connectivity index (χ1n) is 5.32. The maximum atomic E-state index is 5.34. The van der Waals surface area contributed by atoms with E-state index in [0.717, 1.165) is 29.5 Å². The molecule has 0 aromatic heterocycles. The van der Waals surface area contributed by atoms with E-state index in [4.69, 9.17) is 7.65 Å². The zero-order valence-corrected chi connectivity index (χ0v) is 12.2. The third kappa shape index (κ3) is 7.43. The average molecular weight is 276 g/mol. The Hall–Kier alpha value is -0.502. The Balaban J connectivity index is 4.04. The quantitative estimate of drug-likeness (QED) is 0.407. The van der Waals surface area contributed by atoms with Gasteiger partial charge in [0.2, 0.25) is 0 Å². The van der Waals surface area contributed by atoms with Gasteiger partial charge in [0.15, 0.2) is 0 Å². The van der Waals surface area contributed by atoms with E-state index in [9.17, 15) is 0 Å². The van der Waals surface area contributed by atoms with Gasteiger partial charge < -0.3 is 0 Å². The van der Waals surface area contributed by atoms with Gasteiger partial charge in [0, 0.05) is 0 Å². The standard InChI is InChI=1S/C10H21AsN2O2/c1-6-9(4)12-14-11(8-3)15-13-10(5)7-2/h6-8H2,1-5H3.